The molecule has 29 heavy (non-hydrogen) atoms. The molecule has 1 saturated carbocycles. The van der Waals surface area contributed by atoms with Gasteiger partial charge in [-0.1, -0.05) is 23.7 Å². The predicted molar refractivity (Wildman–Crippen MR) is 112 cm³/mol. The van der Waals surface area contributed by atoms with E-state index in [1.165, 1.54) is 0 Å². The first-order valence-corrected chi connectivity index (χ1v) is 10.1. The zero-order chi connectivity index (χ0) is 20.2. The average molecular weight is 414 g/mol. The van der Waals surface area contributed by atoms with Gasteiger partial charge in [0.2, 0.25) is 0 Å². The third-order valence-corrected chi connectivity index (χ3v) is 5.19. The maximum atomic E-state index is 6.39. The maximum Gasteiger partial charge on any atom is 0.170 e. The van der Waals surface area contributed by atoms with Crippen molar-refractivity contribution >= 4 is 17.3 Å². The molecule has 1 heterocycles. The lowest BCUT2D eigenvalue weighted by atomic mass is 10.1. The Morgan fingerprint density at radius 2 is 1.93 bits per heavy atom. The van der Waals surface area contributed by atoms with Crippen LogP contribution in [0.1, 0.15) is 37.2 Å². The van der Waals surface area contributed by atoms with E-state index in [4.69, 9.17) is 21.1 Å². The Morgan fingerprint density at radius 3 is 2.59 bits per heavy atom. The number of aromatic nitrogens is 4. The number of hydrogen-bond donors (Lipinski definition) is 0. The third kappa shape index (κ3) is 4.62. The number of ether oxygens (including phenoxy) is 2. The number of benzene rings is 2. The van der Waals surface area contributed by atoms with Crippen molar-refractivity contribution in [3.8, 4) is 11.5 Å². The molecule has 0 amide bonds. The highest BCUT2D eigenvalue weighted by Gasteiger charge is 2.28. The minimum Gasteiger partial charge on any atom is -0.495 e. The molecule has 0 atom stereocenters. The first kappa shape index (κ1) is 19.5. The Bertz CT molecular complexity index is 956. The van der Waals surface area contributed by atoms with Crippen LogP contribution in [0.5, 0.6) is 11.5 Å². The van der Waals surface area contributed by atoms with Gasteiger partial charge >= 0.3 is 0 Å². The molecule has 1 aromatic heterocycles. The van der Waals surface area contributed by atoms with Gasteiger partial charge in [0.25, 0.3) is 0 Å². The molecular weight excluding hydrogens is 390 g/mol. The number of hydrogen-bond acceptors (Lipinski definition) is 6. The molecule has 1 fully saturated rings. The summed E-state index contributed by atoms with van der Waals surface area (Å²) < 4.78 is 12.8. The van der Waals surface area contributed by atoms with Crippen LogP contribution in [0.4, 0.5) is 5.69 Å². The zero-order valence-corrected chi connectivity index (χ0v) is 17.3. The zero-order valence-electron chi connectivity index (χ0n) is 16.6. The van der Waals surface area contributed by atoms with Crippen molar-refractivity contribution in [3.05, 3.63) is 58.9 Å². The SMILES string of the molecule is CCOc1ccc(CN(Cc2nnnn2C2CC2)c2ccc(OC)c(Cl)c2)cc1. The fraction of sp³-hybridized carbons (Fsp3) is 0.381. The smallest absolute Gasteiger partial charge is 0.170 e. The van der Waals surface area contributed by atoms with Crippen LogP contribution in [-0.4, -0.2) is 33.9 Å². The Kier molecular flexibility index (Phi) is 5.85. The van der Waals surface area contributed by atoms with Crippen molar-refractivity contribution in [1.82, 2.24) is 20.2 Å². The van der Waals surface area contributed by atoms with Gasteiger partial charge in [-0.3, -0.25) is 0 Å². The molecule has 7 nitrogen and oxygen atoms in total. The second kappa shape index (κ2) is 8.69. The average Bonchev–Trinajstić information content (AvgIpc) is 3.47. The van der Waals surface area contributed by atoms with Crippen molar-refractivity contribution in [2.45, 2.75) is 38.9 Å². The first-order chi connectivity index (χ1) is 14.2. The number of rotatable bonds is 9. The van der Waals surface area contributed by atoms with Gasteiger partial charge in [-0.15, -0.1) is 5.10 Å². The second-order valence-electron chi connectivity index (χ2n) is 7.02. The van der Waals surface area contributed by atoms with E-state index in [0.717, 1.165) is 35.7 Å². The molecule has 0 radical (unpaired) electrons. The standard InChI is InChI=1S/C21H24ClN5O2/c1-3-29-18-9-4-15(5-10-18)13-26(17-8-11-20(28-2)19(22)12-17)14-21-23-24-25-27(21)16-6-7-16/h4-5,8-12,16H,3,6-7,13-14H2,1-2H3. The third-order valence-electron chi connectivity index (χ3n) is 4.89. The van der Waals surface area contributed by atoms with Crippen molar-refractivity contribution in [3.63, 3.8) is 0 Å². The Hall–Kier alpha value is -2.80. The first-order valence-electron chi connectivity index (χ1n) is 9.75. The lowest BCUT2D eigenvalue weighted by Gasteiger charge is -2.25. The van der Waals surface area contributed by atoms with Gasteiger partial charge in [0, 0.05) is 12.2 Å². The molecule has 3 aromatic rings. The lowest BCUT2D eigenvalue weighted by Crippen LogP contribution is -2.24. The Morgan fingerprint density at radius 1 is 1.14 bits per heavy atom. The van der Waals surface area contributed by atoms with Gasteiger partial charge in [-0.05, 0) is 66.1 Å². The molecule has 0 bridgehead atoms. The summed E-state index contributed by atoms with van der Waals surface area (Å²) in [5, 5.41) is 12.9. The second-order valence-corrected chi connectivity index (χ2v) is 7.43. The van der Waals surface area contributed by atoms with Crippen LogP contribution < -0.4 is 14.4 Å². The van der Waals surface area contributed by atoms with Crippen LogP contribution in [-0.2, 0) is 13.1 Å². The van der Waals surface area contributed by atoms with Gasteiger partial charge in [0.05, 0.1) is 31.3 Å². The molecule has 2 aromatic carbocycles. The van der Waals surface area contributed by atoms with E-state index in [2.05, 4.69) is 32.6 Å². The number of tetrazole rings is 1. The number of methoxy groups -OCH3 is 1. The minimum atomic E-state index is 0.423. The molecule has 4 rings (SSSR count). The maximum absolute atomic E-state index is 6.39. The summed E-state index contributed by atoms with van der Waals surface area (Å²) in [4.78, 5) is 2.21. The molecular formula is C21H24ClN5O2. The lowest BCUT2D eigenvalue weighted by molar-refractivity contribution is 0.340. The van der Waals surface area contributed by atoms with E-state index >= 15 is 0 Å². The van der Waals surface area contributed by atoms with E-state index < -0.39 is 0 Å². The van der Waals surface area contributed by atoms with Gasteiger partial charge in [-0.2, -0.15) is 0 Å². The summed E-state index contributed by atoms with van der Waals surface area (Å²) in [5.74, 6) is 2.37. The highest BCUT2D eigenvalue weighted by molar-refractivity contribution is 6.32. The van der Waals surface area contributed by atoms with Crippen molar-refractivity contribution in [1.29, 1.82) is 0 Å². The van der Waals surface area contributed by atoms with Gasteiger partial charge in [-0.25, -0.2) is 4.68 Å². The van der Waals surface area contributed by atoms with E-state index in [-0.39, 0.29) is 0 Å². The molecule has 0 N–H and O–H groups in total. The van der Waals surface area contributed by atoms with Crippen LogP contribution in [0.3, 0.4) is 0 Å². The van der Waals surface area contributed by atoms with E-state index in [0.29, 0.717) is 36.5 Å². The highest BCUT2D eigenvalue weighted by Crippen LogP contribution is 2.35. The monoisotopic (exact) mass is 413 g/mol. The summed E-state index contributed by atoms with van der Waals surface area (Å²) in [7, 11) is 1.61. The summed E-state index contributed by atoms with van der Waals surface area (Å²) in [6, 6.07) is 14.4. The molecule has 8 heteroatoms. The van der Waals surface area contributed by atoms with Crippen LogP contribution in [0, 0.1) is 0 Å². The number of nitrogens with zero attached hydrogens (tertiary/aromatic N) is 5. The fourth-order valence-electron chi connectivity index (χ4n) is 3.26. The quantitative estimate of drug-likeness (QED) is 0.521. The molecule has 0 spiro atoms. The molecule has 1 aliphatic carbocycles. The van der Waals surface area contributed by atoms with E-state index in [1.54, 1.807) is 7.11 Å². The molecule has 1 aliphatic rings. The fourth-order valence-corrected chi connectivity index (χ4v) is 3.51. The summed E-state index contributed by atoms with van der Waals surface area (Å²) in [6.45, 7) is 3.90. The Labute approximate surface area is 175 Å². The predicted octanol–water partition coefficient (Wildman–Crippen LogP) is 4.28. The van der Waals surface area contributed by atoms with Crippen LogP contribution in [0.15, 0.2) is 42.5 Å². The van der Waals surface area contributed by atoms with Gasteiger partial charge in [0.15, 0.2) is 5.82 Å². The van der Waals surface area contributed by atoms with E-state index in [1.807, 2.05) is 41.9 Å². The molecule has 0 aliphatic heterocycles. The van der Waals surface area contributed by atoms with Gasteiger partial charge in [0.1, 0.15) is 11.5 Å². The summed E-state index contributed by atoms with van der Waals surface area (Å²) in [6.07, 6.45) is 2.26. The van der Waals surface area contributed by atoms with Crippen molar-refractivity contribution < 1.29 is 9.47 Å². The van der Waals surface area contributed by atoms with Crippen molar-refractivity contribution in [2.24, 2.45) is 0 Å². The van der Waals surface area contributed by atoms with Gasteiger partial charge < -0.3 is 14.4 Å². The molecule has 152 valence electrons. The van der Waals surface area contributed by atoms with Crippen LogP contribution >= 0.6 is 11.6 Å². The van der Waals surface area contributed by atoms with Crippen molar-refractivity contribution in [2.75, 3.05) is 18.6 Å². The molecule has 0 saturated heterocycles. The minimum absolute atomic E-state index is 0.423. The largest absolute Gasteiger partial charge is 0.495 e. The topological polar surface area (TPSA) is 65.3 Å². The van der Waals surface area contributed by atoms with E-state index in [9.17, 15) is 0 Å². The highest BCUT2D eigenvalue weighted by atomic mass is 35.5. The number of halogens is 1. The summed E-state index contributed by atoms with van der Waals surface area (Å²) in [5.41, 5.74) is 2.14. The number of anilines is 1. The summed E-state index contributed by atoms with van der Waals surface area (Å²) >= 11 is 6.39. The van der Waals surface area contributed by atoms with Crippen LogP contribution in [0.2, 0.25) is 5.02 Å². The van der Waals surface area contributed by atoms with Crippen LogP contribution in [0.25, 0.3) is 0 Å². The Balaban J connectivity index is 1.60. The normalized spacial score (nSPS) is 13.3. The molecule has 0 unspecified atom stereocenters.